The van der Waals surface area contributed by atoms with E-state index < -0.39 is 0 Å². The van der Waals surface area contributed by atoms with Gasteiger partial charge in [-0.1, -0.05) is 12.1 Å². The number of amides is 2. The molecule has 3 N–H and O–H groups in total. The van der Waals surface area contributed by atoms with Crippen molar-refractivity contribution in [1.29, 1.82) is 0 Å². The van der Waals surface area contributed by atoms with E-state index in [0.717, 1.165) is 55.9 Å². The number of anilines is 2. The number of likely N-dealkylation sites (tertiary alicyclic amines) is 1. The number of hydrogen-bond acceptors (Lipinski definition) is 6. The SMILES string of the molecule is Nc1ncc(N2CCN(C(=O)N3CCCC3)CC2)nc1-c1nc2ccccc2[nH]1. The highest BCUT2D eigenvalue weighted by atomic mass is 16.2. The number of carbonyl (C=O) groups is 1. The fourth-order valence-electron chi connectivity index (χ4n) is 4.02. The highest BCUT2D eigenvalue weighted by molar-refractivity contribution is 5.80. The van der Waals surface area contributed by atoms with Crippen molar-refractivity contribution in [3.8, 4) is 11.5 Å². The highest BCUT2D eigenvalue weighted by Crippen LogP contribution is 2.25. The predicted molar refractivity (Wildman–Crippen MR) is 112 cm³/mol. The molecule has 2 saturated heterocycles. The molecule has 2 aliphatic rings. The third-order valence-electron chi connectivity index (χ3n) is 5.65. The molecule has 1 aromatic carbocycles. The van der Waals surface area contributed by atoms with Gasteiger partial charge in [-0.3, -0.25) is 0 Å². The highest BCUT2D eigenvalue weighted by Gasteiger charge is 2.27. The topological polar surface area (TPSA) is 107 Å². The minimum absolute atomic E-state index is 0.161. The van der Waals surface area contributed by atoms with Gasteiger partial charge in [-0.15, -0.1) is 0 Å². The smallest absolute Gasteiger partial charge is 0.320 e. The zero-order valence-corrected chi connectivity index (χ0v) is 16.2. The van der Waals surface area contributed by atoms with Gasteiger partial charge in [0.1, 0.15) is 5.82 Å². The van der Waals surface area contributed by atoms with Crippen molar-refractivity contribution in [2.24, 2.45) is 0 Å². The Balaban J connectivity index is 1.33. The number of para-hydroxylation sites is 2. The van der Waals surface area contributed by atoms with Crippen LogP contribution in [0, 0.1) is 0 Å². The van der Waals surface area contributed by atoms with E-state index in [-0.39, 0.29) is 6.03 Å². The monoisotopic (exact) mass is 392 g/mol. The summed E-state index contributed by atoms with van der Waals surface area (Å²) in [5.41, 5.74) is 8.44. The van der Waals surface area contributed by atoms with Crippen LogP contribution in [0.5, 0.6) is 0 Å². The standard InChI is InChI=1S/C20H24N8O/c21-18-17(19-23-14-5-1-2-6-15(14)24-19)25-16(13-22-18)26-9-11-28(12-10-26)20(29)27-7-3-4-8-27/h1-2,5-6,13H,3-4,7-12H2,(H2,21,22)(H,23,24). The van der Waals surface area contributed by atoms with E-state index in [1.54, 1.807) is 6.20 Å². The number of carbonyl (C=O) groups excluding carboxylic acids is 1. The summed E-state index contributed by atoms with van der Waals surface area (Å²) in [6.07, 6.45) is 3.91. The summed E-state index contributed by atoms with van der Waals surface area (Å²) in [5.74, 6) is 1.71. The second-order valence-electron chi connectivity index (χ2n) is 7.52. The zero-order valence-electron chi connectivity index (χ0n) is 16.2. The molecule has 2 aromatic heterocycles. The van der Waals surface area contributed by atoms with Gasteiger partial charge in [0.2, 0.25) is 0 Å². The fourth-order valence-corrected chi connectivity index (χ4v) is 4.02. The van der Waals surface area contributed by atoms with Gasteiger partial charge in [-0.2, -0.15) is 0 Å². The second kappa shape index (κ2) is 7.23. The Morgan fingerprint density at radius 1 is 0.966 bits per heavy atom. The van der Waals surface area contributed by atoms with Crippen LogP contribution in [0.1, 0.15) is 12.8 Å². The van der Waals surface area contributed by atoms with E-state index in [4.69, 9.17) is 10.7 Å². The van der Waals surface area contributed by atoms with Crippen molar-refractivity contribution in [1.82, 2.24) is 29.7 Å². The molecule has 0 unspecified atom stereocenters. The average Bonchev–Trinajstić information content (AvgIpc) is 3.44. The predicted octanol–water partition coefficient (Wildman–Crippen LogP) is 1.94. The molecule has 29 heavy (non-hydrogen) atoms. The lowest BCUT2D eigenvalue weighted by Gasteiger charge is -2.37. The number of imidazole rings is 1. The van der Waals surface area contributed by atoms with Gasteiger partial charge in [0.15, 0.2) is 17.3 Å². The molecule has 0 saturated carbocycles. The minimum Gasteiger partial charge on any atom is -0.382 e. The number of hydrogen-bond donors (Lipinski definition) is 2. The lowest BCUT2D eigenvalue weighted by atomic mass is 10.3. The molecule has 5 rings (SSSR count). The molecule has 2 aliphatic heterocycles. The van der Waals surface area contributed by atoms with Crippen LogP contribution in [0.4, 0.5) is 16.4 Å². The number of nitrogens with two attached hydrogens (primary N) is 1. The molecule has 150 valence electrons. The number of H-pyrrole nitrogens is 1. The largest absolute Gasteiger partial charge is 0.382 e. The second-order valence-corrected chi connectivity index (χ2v) is 7.52. The third-order valence-corrected chi connectivity index (χ3v) is 5.65. The first-order valence-electron chi connectivity index (χ1n) is 10.1. The number of fused-ring (bicyclic) bond motifs is 1. The van der Waals surface area contributed by atoms with Gasteiger partial charge < -0.3 is 25.4 Å². The van der Waals surface area contributed by atoms with Crippen LogP contribution in [-0.2, 0) is 0 Å². The van der Waals surface area contributed by atoms with Gasteiger partial charge >= 0.3 is 6.03 Å². The Hall–Kier alpha value is -3.36. The van der Waals surface area contributed by atoms with Crippen molar-refractivity contribution in [3.63, 3.8) is 0 Å². The van der Waals surface area contributed by atoms with Gasteiger partial charge in [-0.05, 0) is 25.0 Å². The first-order valence-corrected chi connectivity index (χ1v) is 10.1. The number of piperazine rings is 1. The quantitative estimate of drug-likeness (QED) is 0.690. The Bertz CT molecular complexity index is 1000. The number of nitrogens with one attached hydrogen (secondary N) is 1. The number of nitrogens with zero attached hydrogens (tertiary/aromatic N) is 6. The molecular formula is C20H24N8O. The summed E-state index contributed by atoms with van der Waals surface area (Å²) in [6, 6.07) is 7.98. The Kier molecular flexibility index (Phi) is 4.42. The number of aromatic nitrogens is 4. The Morgan fingerprint density at radius 3 is 2.45 bits per heavy atom. The molecule has 9 nitrogen and oxygen atoms in total. The average molecular weight is 392 g/mol. The minimum atomic E-state index is 0.161. The molecule has 2 fully saturated rings. The molecule has 0 atom stereocenters. The van der Waals surface area contributed by atoms with Crippen LogP contribution in [0.25, 0.3) is 22.6 Å². The van der Waals surface area contributed by atoms with E-state index in [2.05, 4.69) is 19.9 Å². The fraction of sp³-hybridized carbons (Fsp3) is 0.400. The number of aromatic amines is 1. The lowest BCUT2D eigenvalue weighted by Crippen LogP contribution is -2.52. The molecule has 0 aliphatic carbocycles. The molecule has 0 radical (unpaired) electrons. The van der Waals surface area contributed by atoms with Crippen molar-refractivity contribution in [2.45, 2.75) is 12.8 Å². The summed E-state index contributed by atoms with van der Waals surface area (Å²) < 4.78 is 0. The maximum absolute atomic E-state index is 12.6. The van der Waals surface area contributed by atoms with E-state index in [9.17, 15) is 4.79 Å². The van der Waals surface area contributed by atoms with Crippen LogP contribution in [0.2, 0.25) is 0 Å². The van der Waals surface area contributed by atoms with Gasteiger partial charge in [0.25, 0.3) is 0 Å². The van der Waals surface area contributed by atoms with E-state index in [1.165, 1.54) is 0 Å². The third kappa shape index (κ3) is 3.32. The van der Waals surface area contributed by atoms with Crippen LogP contribution >= 0.6 is 0 Å². The molecule has 0 bridgehead atoms. The first-order chi connectivity index (χ1) is 14.2. The van der Waals surface area contributed by atoms with Crippen molar-refractivity contribution in [3.05, 3.63) is 30.5 Å². The van der Waals surface area contributed by atoms with E-state index in [0.29, 0.717) is 30.4 Å². The lowest BCUT2D eigenvalue weighted by molar-refractivity contribution is 0.159. The summed E-state index contributed by atoms with van der Waals surface area (Å²) in [7, 11) is 0. The molecule has 9 heteroatoms. The molecule has 4 heterocycles. The van der Waals surface area contributed by atoms with Gasteiger partial charge in [-0.25, -0.2) is 19.7 Å². The number of urea groups is 1. The molecular weight excluding hydrogens is 368 g/mol. The zero-order chi connectivity index (χ0) is 19.8. The Labute approximate surface area is 168 Å². The van der Waals surface area contributed by atoms with Gasteiger partial charge in [0, 0.05) is 39.3 Å². The number of benzene rings is 1. The number of nitrogen functional groups attached to an aromatic ring is 1. The molecule has 3 aromatic rings. The number of rotatable bonds is 2. The normalized spacial score (nSPS) is 17.3. The van der Waals surface area contributed by atoms with Crippen LogP contribution < -0.4 is 10.6 Å². The summed E-state index contributed by atoms with van der Waals surface area (Å²) in [4.78, 5) is 35.6. The first kappa shape index (κ1) is 17.7. The van der Waals surface area contributed by atoms with Crippen LogP contribution in [0.15, 0.2) is 30.5 Å². The van der Waals surface area contributed by atoms with Crippen LogP contribution in [-0.4, -0.2) is 75.0 Å². The molecule has 2 amide bonds. The maximum Gasteiger partial charge on any atom is 0.320 e. The van der Waals surface area contributed by atoms with Crippen molar-refractivity contribution in [2.75, 3.05) is 49.9 Å². The molecule has 0 spiro atoms. The van der Waals surface area contributed by atoms with E-state index >= 15 is 0 Å². The summed E-state index contributed by atoms with van der Waals surface area (Å²) in [5, 5.41) is 0. The van der Waals surface area contributed by atoms with Gasteiger partial charge in [0.05, 0.1) is 17.2 Å². The Morgan fingerprint density at radius 2 is 1.69 bits per heavy atom. The maximum atomic E-state index is 12.6. The van der Waals surface area contributed by atoms with E-state index in [1.807, 2.05) is 34.1 Å². The van der Waals surface area contributed by atoms with Crippen LogP contribution in [0.3, 0.4) is 0 Å². The summed E-state index contributed by atoms with van der Waals surface area (Å²) in [6.45, 7) is 4.56. The summed E-state index contributed by atoms with van der Waals surface area (Å²) >= 11 is 0. The van der Waals surface area contributed by atoms with Crippen molar-refractivity contribution >= 4 is 28.7 Å². The van der Waals surface area contributed by atoms with Crippen molar-refractivity contribution < 1.29 is 4.79 Å².